The third-order valence-corrected chi connectivity index (χ3v) is 3.65. The Labute approximate surface area is 126 Å². The molecule has 0 amide bonds. The quantitative estimate of drug-likeness (QED) is 0.875. The highest BCUT2D eigenvalue weighted by atomic mass is 79.9. The zero-order valence-electron chi connectivity index (χ0n) is 11.9. The van der Waals surface area contributed by atoms with Crippen LogP contribution in [0, 0.1) is 12.7 Å². The van der Waals surface area contributed by atoms with Gasteiger partial charge in [0, 0.05) is 19.3 Å². The molecule has 2 rings (SSSR count). The number of rotatable bonds is 5. The Bertz CT molecular complexity index is 631. The zero-order valence-corrected chi connectivity index (χ0v) is 13.5. The predicted octanol–water partition coefficient (Wildman–Crippen LogP) is 4.41. The van der Waals surface area contributed by atoms with E-state index in [4.69, 9.17) is 4.74 Å². The van der Waals surface area contributed by atoms with Crippen molar-refractivity contribution in [2.24, 2.45) is 0 Å². The number of methoxy groups -OCH3 is 1. The van der Waals surface area contributed by atoms with Gasteiger partial charge in [0.2, 0.25) is 0 Å². The van der Waals surface area contributed by atoms with Crippen molar-refractivity contribution in [1.29, 1.82) is 0 Å². The van der Waals surface area contributed by atoms with Gasteiger partial charge in [0.25, 0.3) is 0 Å². The van der Waals surface area contributed by atoms with Gasteiger partial charge in [-0.1, -0.05) is 6.92 Å². The average Bonchev–Trinajstić information content (AvgIpc) is 2.42. The van der Waals surface area contributed by atoms with Crippen LogP contribution in [-0.2, 0) is 11.3 Å². The summed E-state index contributed by atoms with van der Waals surface area (Å²) in [6.45, 7) is 5.20. The second kappa shape index (κ2) is 6.50. The van der Waals surface area contributed by atoms with Crippen molar-refractivity contribution in [1.82, 2.24) is 4.98 Å². The van der Waals surface area contributed by atoms with E-state index in [0.717, 1.165) is 29.9 Å². The molecule has 0 saturated heterocycles. The van der Waals surface area contributed by atoms with E-state index in [1.54, 1.807) is 13.2 Å². The summed E-state index contributed by atoms with van der Waals surface area (Å²) in [7, 11) is 1.63. The molecule has 0 spiro atoms. The molecule has 0 unspecified atom stereocenters. The first-order valence-electron chi connectivity index (χ1n) is 6.59. The highest BCUT2D eigenvalue weighted by Crippen LogP contribution is 2.33. The first kappa shape index (κ1) is 15.2. The number of anilines is 1. The largest absolute Gasteiger partial charge is 0.384 e. The molecule has 0 fully saturated rings. The Morgan fingerprint density at radius 3 is 2.80 bits per heavy atom. The molecule has 0 aliphatic carbocycles. The summed E-state index contributed by atoms with van der Waals surface area (Å²) in [4.78, 5) is 4.51. The van der Waals surface area contributed by atoms with Crippen LogP contribution in [0.4, 0.5) is 10.1 Å². The highest BCUT2D eigenvalue weighted by Gasteiger charge is 2.15. The molecule has 1 aromatic carbocycles. The van der Waals surface area contributed by atoms with Crippen molar-refractivity contribution in [3.05, 3.63) is 33.7 Å². The lowest BCUT2D eigenvalue weighted by Gasteiger charge is -2.14. The average molecular weight is 341 g/mol. The van der Waals surface area contributed by atoms with E-state index in [9.17, 15) is 4.39 Å². The molecule has 1 heterocycles. The van der Waals surface area contributed by atoms with Crippen molar-refractivity contribution in [2.45, 2.75) is 26.9 Å². The summed E-state index contributed by atoms with van der Waals surface area (Å²) in [6.07, 6.45) is 0.970. The lowest BCUT2D eigenvalue weighted by atomic mass is 10.1. The molecule has 1 aromatic heterocycles. The number of pyridine rings is 1. The van der Waals surface area contributed by atoms with Crippen LogP contribution < -0.4 is 5.32 Å². The fourth-order valence-corrected chi connectivity index (χ4v) is 2.71. The molecule has 0 atom stereocenters. The van der Waals surface area contributed by atoms with E-state index in [-0.39, 0.29) is 5.82 Å². The molecular weight excluding hydrogens is 323 g/mol. The van der Waals surface area contributed by atoms with Gasteiger partial charge in [0.05, 0.1) is 27.7 Å². The molecule has 0 aliphatic rings. The van der Waals surface area contributed by atoms with Gasteiger partial charge < -0.3 is 10.1 Å². The Morgan fingerprint density at radius 1 is 1.40 bits per heavy atom. The monoisotopic (exact) mass is 340 g/mol. The van der Waals surface area contributed by atoms with Crippen molar-refractivity contribution in [3.63, 3.8) is 0 Å². The van der Waals surface area contributed by atoms with Crippen molar-refractivity contribution in [2.75, 3.05) is 19.0 Å². The number of nitrogens with one attached hydrogen (secondary N) is 1. The zero-order chi connectivity index (χ0) is 14.7. The predicted molar refractivity (Wildman–Crippen MR) is 83.6 cm³/mol. The summed E-state index contributed by atoms with van der Waals surface area (Å²) < 4.78 is 20.0. The van der Waals surface area contributed by atoms with Crippen LogP contribution in [0.1, 0.15) is 24.6 Å². The number of halogens is 2. The van der Waals surface area contributed by atoms with Crippen LogP contribution in [0.25, 0.3) is 10.9 Å². The van der Waals surface area contributed by atoms with Gasteiger partial charge in [-0.3, -0.25) is 0 Å². The number of nitrogens with zero attached hydrogens (tertiary/aromatic N) is 1. The number of ether oxygens (including phenoxy) is 1. The normalized spacial score (nSPS) is 11.1. The molecule has 1 N–H and O–H groups in total. The van der Waals surface area contributed by atoms with Gasteiger partial charge in [-0.15, -0.1) is 0 Å². The molecule has 3 nitrogen and oxygen atoms in total. The summed E-state index contributed by atoms with van der Waals surface area (Å²) in [5.74, 6) is -0.277. The molecule has 5 heteroatoms. The van der Waals surface area contributed by atoms with Gasteiger partial charge in [-0.05, 0) is 47.0 Å². The van der Waals surface area contributed by atoms with E-state index in [1.807, 2.05) is 13.0 Å². The second-order valence-corrected chi connectivity index (χ2v) is 5.59. The van der Waals surface area contributed by atoms with Crippen LogP contribution in [-0.4, -0.2) is 18.6 Å². The lowest BCUT2D eigenvalue weighted by molar-refractivity contribution is 0.182. The van der Waals surface area contributed by atoms with Crippen LogP contribution >= 0.6 is 15.9 Å². The minimum atomic E-state index is -0.277. The van der Waals surface area contributed by atoms with Crippen molar-refractivity contribution >= 4 is 32.5 Å². The molecule has 0 bridgehead atoms. The number of fused-ring (bicyclic) bond motifs is 1. The Kier molecular flexibility index (Phi) is 4.94. The molecule has 0 saturated carbocycles. The fourth-order valence-electron chi connectivity index (χ4n) is 2.17. The van der Waals surface area contributed by atoms with Crippen LogP contribution in [0.3, 0.4) is 0 Å². The van der Waals surface area contributed by atoms with E-state index in [1.165, 1.54) is 0 Å². The van der Waals surface area contributed by atoms with Gasteiger partial charge in [-0.25, -0.2) is 9.37 Å². The fraction of sp³-hybridized carbons (Fsp3) is 0.400. The van der Waals surface area contributed by atoms with Crippen LogP contribution in [0.2, 0.25) is 0 Å². The van der Waals surface area contributed by atoms with E-state index >= 15 is 0 Å². The van der Waals surface area contributed by atoms with E-state index in [2.05, 4.69) is 33.2 Å². The highest BCUT2D eigenvalue weighted by molar-refractivity contribution is 9.10. The SMILES string of the molecule is CCCNc1cc(COC)nc2c(C)cc(Br)c(F)c12. The first-order chi connectivity index (χ1) is 9.58. The standard InChI is InChI=1S/C15H18BrFN2O/c1-4-5-18-12-7-10(8-20-3)19-15-9(2)6-11(16)14(17)13(12)15/h6-7H,4-5,8H2,1-3H3,(H,18,19). The number of benzene rings is 1. The topological polar surface area (TPSA) is 34.1 Å². The number of aryl methyl sites for hydroxylation is 1. The van der Waals surface area contributed by atoms with Gasteiger partial charge in [-0.2, -0.15) is 0 Å². The molecule has 20 heavy (non-hydrogen) atoms. The third kappa shape index (κ3) is 2.94. The van der Waals surface area contributed by atoms with Crippen molar-refractivity contribution in [3.8, 4) is 0 Å². The smallest absolute Gasteiger partial charge is 0.148 e. The van der Waals surface area contributed by atoms with Crippen LogP contribution in [0.15, 0.2) is 16.6 Å². The Balaban J connectivity index is 2.70. The molecular formula is C15H18BrFN2O. The molecule has 2 aromatic rings. The molecule has 0 aliphatic heterocycles. The maximum atomic E-state index is 14.4. The van der Waals surface area contributed by atoms with Gasteiger partial charge in [0.1, 0.15) is 5.82 Å². The summed E-state index contributed by atoms with van der Waals surface area (Å²) in [5, 5.41) is 3.81. The summed E-state index contributed by atoms with van der Waals surface area (Å²) in [5.41, 5.74) is 3.18. The van der Waals surface area contributed by atoms with E-state index in [0.29, 0.717) is 22.0 Å². The Hall–Kier alpha value is -1.20. The number of aromatic nitrogens is 1. The maximum Gasteiger partial charge on any atom is 0.148 e. The Morgan fingerprint density at radius 2 is 2.15 bits per heavy atom. The maximum absolute atomic E-state index is 14.4. The molecule has 0 radical (unpaired) electrons. The van der Waals surface area contributed by atoms with Gasteiger partial charge >= 0.3 is 0 Å². The second-order valence-electron chi connectivity index (χ2n) is 4.73. The minimum absolute atomic E-state index is 0.277. The number of hydrogen-bond acceptors (Lipinski definition) is 3. The van der Waals surface area contributed by atoms with E-state index < -0.39 is 0 Å². The minimum Gasteiger partial charge on any atom is -0.384 e. The van der Waals surface area contributed by atoms with Crippen molar-refractivity contribution < 1.29 is 9.13 Å². The lowest BCUT2D eigenvalue weighted by Crippen LogP contribution is -2.05. The molecule has 108 valence electrons. The number of hydrogen-bond donors (Lipinski definition) is 1. The van der Waals surface area contributed by atoms with Gasteiger partial charge in [0.15, 0.2) is 0 Å². The summed E-state index contributed by atoms with van der Waals surface area (Å²) in [6, 6.07) is 3.61. The third-order valence-electron chi connectivity index (χ3n) is 3.08. The van der Waals surface area contributed by atoms with Crippen LogP contribution in [0.5, 0.6) is 0 Å². The first-order valence-corrected chi connectivity index (χ1v) is 7.38. The summed E-state index contributed by atoms with van der Waals surface area (Å²) >= 11 is 3.26.